The Bertz CT molecular complexity index is 881. The van der Waals surface area contributed by atoms with Crippen molar-refractivity contribution in [2.45, 2.75) is 6.17 Å². The minimum Gasteiger partial charge on any atom is -0.360 e. The van der Waals surface area contributed by atoms with Crippen LogP contribution in [0.5, 0.6) is 0 Å². The van der Waals surface area contributed by atoms with Crippen molar-refractivity contribution < 1.29 is 4.79 Å². The van der Waals surface area contributed by atoms with Gasteiger partial charge in [0, 0.05) is 22.0 Å². The fourth-order valence-electron chi connectivity index (χ4n) is 2.88. The lowest BCUT2D eigenvalue weighted by molar-refractivity contribution is 0.0993. The first kappa shape index (κ1) is 14.9. The van der Waals surface area contributed by atoms with Crippen LogP contribution in [0.4, 0.5) is 11.4 Å². The molecule has 1 aromatic heterocycles. The monoisotopic (exact) mass is 379 g/mol. The quantitative estimate of drug-likeness (QED) is 0.722. The van der Waals surface area contributed by atoms with Crippen molar-refractivity contribution >= 4 is 33.2 Å². The number of amides is 1. The molecule has 0 unspecified atom stereocenters. The molecule has 1 aliphatic rings. The number of aromatic nitrogens is 1. The van der Waals surface area contributed by atoms with Crippen LogP contribution in [0.2, 0.25) is 0 Å². The number of para-hydroxylation sites is 1. The summed E-state index contributed by atoms with van der Waals surface area (Å²) >= 11 is 3.44. The van der Waals surface area contributed by atoms with Gasteiger partial charge >= 0.3 is 0 Å². The minimum absolute atomic E-state index is 0.0427. The van der Waals surface area contributed by atoms with Crippen molar-refractivity contribution in [3.8, 4) is 0 Å². The second-order valence-electron chi connectivity index (χ2n) is 5.50. The van der Waals surface area contributed by atoms with E-state index in [1.54, 1.807) is 17.2 Å². The van der Waals surface area contributed by atoms with Gasteiger partial charge in [0.25, 0.3) is 5.91 Å². The van der Waals surface area contributed by atoms with Crippen LogP contribution < -0.4 is 10.2 Å². The average molecular weight is 380 g/mol. The van der Waals surface area contributed by atoms with Crippen molar-refractivity contribution in [2.75, 3.05) is 10.2 Å². The fourth-order valence-corrected chi connectivity index (χ4v) is 3.14. The van der Waals surface area contributed by atoms with Crippen LogP contribution in [0.15, 0.2) is 77.4 Å². The molecule has 4 nitrogen and oxygen atoms in total. The van der Waals surface area contributed by atoms with E-state index in [1.807, 2.05) is 60.7 Å². The van der Waals surface area contributed by atoms with Gasteiger partial charge < -0.3 is 5.32 Å². The molecular formula is C19H14BrN3O. The highest BCUT2D eigenvalue weighted by Gasteiger charge is 2.38. The number of benzene rings is 2. The number of carbonyl (C=O) groups is 1. The Morgan fingerprint density at radius 1 is 0.958 bits per heavy atom. The highest BCUT2D eigenvalue weighted by Crippen LogP contribution is 2.36. The maximum Gasteiger partial charge on any atom is 0.262 e. The Balaban J connectivity index is 1.77. The first-order valence-electron chi connectivity index (χ1n) is 7.60. The zero-order chi connectivity index (χ0) is 16.5. The molecule has 1 N–H and O–H groups in total. The second kappa shape index (κ2) is 6.09. The van der Waals surface area contributed by atoms with Gasteiger partial charge in [0.2, 0.25) is 0 Å². The predicted molar refractivity (Wildman–Crippen MR) is 98.0 cm³/mol. The van der Waals surface area contributed by atoms with Gasteiger partial charge in [0.15, 0.2) is 6.17 Å². The van der Waals surface area contributed by atoms with Crippen molar-refractivity contribution in [3.05, 3.63) is 88.7 Å². The Kier molecular flexibility index (Phi) is 3.78. The Morgan fingerprint density at radius 3 is 2.46 bits per heavy atom. The molecule has 2 heterocycles. The van der Waals surface area contributed by atoms with Crippen LogP contribution in [0.1, 0.15) is 22.2 Å². The van der Waals surface area contributed by atoms with Crippen molar-refractivity contribution in [1.82, 2.24) is 4.98 Å². The second-order valence-corrected chi connectivity index (χ2v) is 6.42. The smallest absolute Gasteiger partial charge is 0.262 e. The van der Waals surface area contributed by atoms with Gasteiger partial charge in [-0.1, -0.05) is 34.1 Å². The standard InChI is InChI=1S/C19H14BrN3O/c20-13-8-10-14(11-9-13)22-18-17-16(7-4-12-21-17)19(24)23(18)15-5-2-1-3-6-15/h1-12,18,22H/t18-/m0/s1. The highest BCUT2D eigenvalue weighted by molar-refractivity contribution is 9.10. The van der Waals surface area contributed by atoms with Gasteiger partial charge in [-0.2, -0.15) is 0 Å². The van der Waals surface area contributed by atoms with Crippen molar-refractivity contribution in [3.63, 3.8) is 0 Å². The van der Waals surface area contributed by atoms with E-state index < -0.39 is 0 Å². The third-order valence-corrected chi connectivity index (χ3v) is 4.52. The third-order valence-electron chi connectivity index (χ3n) is 3.99. The number of rotatable bonds is 3. The molecule has 0 aliphatic carbocycles. The van der Waals surface area contributed by atoms with Gasteiger partial charge in [-0.05, 0) is 48.5 Å². The summed E-state index contributed by atoms with van der Waals surface area (Å²) in [5, 5.41) is 3.43. The predicted octanol–water partition coefficient (Wildman–Crippen LogP) is 4.62. The molecule has 4 rings (SSSR count). The van der Waals surface area contributed by atoms with Crippen LogP contribution >= 0.6 is 15.9 Å². The number of pyridine rings is 1. The van der Waals surface area contributed by atoms with E-state index in [4.69, 9.17) is 0 Å². The van der Waals surface area contributed by atoms with E-state index in [-0.39, 0.29) is 12.1 Å². The molecule has 0 radical (unpaired) electrons. The van der Waals surface area contributed by atoms with Crippen LogP contribution in [-0.4, -0.2) is 10.9 Å². The number of hydrogen-bond acceptors (Lipinski definition) is 3. The topological polar surface area (TPSA) is 45.2 Å². The van der Waals surface area contributed by atoms with Gasteiger partial charge in [-0.15, -0.1) is 0 Å². The summed E-state index contributed by atoms with van der Waals surface area (Å²) in [6.45, 7) is 0. The summed E-state index contributed by atoms with van der Waals surface area (Å²) in [5.41, 5.74) is 3.15. The number of nitrogens with one attached hydrogen (secondary N) is 1. The third kappa shape index (κ3) is 2.57. The molecule has 1 amide bonds. The van der Waals surface area contributed by atoms with E-state index in [1.165, 1.54) is 0 Å². The van der Waals surface area contributed by atoms with Gasteiger partial charge in [0.1, 0.15) is 0 Å². The molecule has 118 valence electrons. The minimum atomic E-state index is -0.336. The Labute approximate surface area is 148 Å². The molecular weight excluding hydrogens is 366 g/mol. The van der Waals surface area contributed by atoms with Crippen LogP contribution in [0.3, 0.4) is 0 Å². The SMILES string of the molecule is O=C1c2cccnc2[C@@H](Nc2ccc(Br)cc2)N1c1ccccc1. The lowest BCUT2D eigenvalue weighted by Gasteiger charge is -2.26. The lowest BCUT2D eigenvalue weighted by atomic mass is 10.2. The Morgan fingerprint density at radius 2 is 1.71 bits per heavy atom. The molecule has 2 aromatic carbocycles. The zero-order valence-electron chi connectivity index (χ0n) is 12.7. The summed E-state index contributed by atoms with van der Waals surface area (Å²) in [6, 6.07) is 21.1. The average Bonchev–Trinajstić information content (AvgIpc) is 2.90. The summed E-state index contributed by atoms with van der Waals surface area (Å²) in [7, 11) is 0. The fraction of sp³-hybridized carbons (Fsp3) is 0.0526. The Hall–Kier alpha value is -2.66. The molecule has 0 saturated carbocycles. The molecule has 3 aromatic rings. The number of fused-ring (bicyclic) bond motifs is 1. The van der Waals surface area contributed by atoms with Crippen LogP contribution in [-0.2, 0) is 0 Å². The van der Waals surface area contributed by atoms with Crippen molar-refractivity contribution in [2.24, 2.45) is 0 Å². The maximum absolute atomic E-state index is 12.9. The highest BCUT2D eigenvalue weighted by atomic mass is 79.9. The number of carbonyl (C=O) groups excluding carboxylic acids is 1. The van der Waals surface area contributed by atoms with E-state index >= 15 is 0 Å². The lowest BCUT2D eigenvalue weighted by Crippen LogP contribution is -2.32. The molecule has 0 bridgehead atoms. The zero-order valence-corrected chi connectivity index (χ0v) is 14.3. The van der Waals surface area contributed by atoms with E-state index in [2.05, 4.69) is 26.2 Å². The van der Waals surface area contributed by atoms with Gasteiger partial charge in [-0.3, -0.25) is 14.7 Å². The number of hydrogen-bond donors (Lipinski definition) is 1. The summed E-state index contributed by atoms with van der Waals surface area (Å²) < 4.78 is 1.01. The molecule has 0 spiro atoms. The normalized spacial score (nSPS) is 16.1. The number of nitrogens with zero attached hydrogens (tertiary/aromatic N) is 2. The number of anilines is 2. The molecule has 0 fully saturated rings. The van der Waals surface area contributed by atoms with Crippen LogP contribution in [0.25, 0.3) is 0 Å². The molecule has 24 heavy (non-hydrogen) atoms. The van der Waals surface area contributed by atoms with Crippen LogP contribution in [0, 0.1) is 0 Å². The van der Waals surface area contributed by atoms with Gasteiger partial charge in [0.05, 0.1) is 11.3 Å². The van der Waals surface area contributed by atoms with Gasteiger partial charge in [-0.25, -0.2) is 0 Å². The van der Waals surface area contributed by atoms with E-state index in [0.29, 0.717) is 5.56 Å². The molecule has 1 atom stereocenters. The maximum atomic E-state index is 12.9. The summed E-state index contributed by atoms with van der Waals surface area (Å²) in [6.07, 6.45) is 1.38. The number of halogens is 1. The summed E-state index contributed by atoms with van der Waals surface area (Å²) in [5.74, 6) is -0.0427. The first-order chi connectivity index (χ1) is 11.7. The summed E-state index contributed by atoms with van der Waals surface area (Å²) in [4.78, 5) is 19.1. The van der Waals surface area contributed by atoms with E-state index in [0.717, 1.165) is 21.5 Å². The van der Waals surface area contributed by atoms with E-state index in [9.17, 15) is 4.79 Å². The first-order valence-corrected chi connectivity index (χ1v) is 8.39. The molecule has 5 heteroatoms. The largest absolute Gasteiger partial charge is 0.360 e. The van der Waals surface area contributed by atoms with Crippen molar-refractivity contribution in [1.29, 1.82) is 0 Å². The molecule has 0 saturated heterocycles. The molecule has 1 aliphatic heterocycles.